The fraction of sp³-hybridized carbons (Fsp3) is 0.938. The molecule has 0 aromatic carbocycles. The molecule has 0 aromatic heterocycles. The third-order valence-corrected chi connectivity index (χ3v) is 15.7. The van der Waals surface area contributed by atoms with Crippen LogP contribution in [0.1, 0.15) is 27.7 Å². The number of aliphatic hydroxyl groups excluding tert-OH is 19. The summed E-state index contributed by atoms with van der Waals surface area (Å²) in [5.74, 6) is -2.48. The van der Waals surface area contributed by atoms with E-state index >= 15 is 0 Å². The Labute approximate surface area is 488 Å². The molecular formula is C48H81N3O35. The summed E-state index contributed by atoms with van der Waals surface area (Å²) in [6.07, 6.45) is -61.7. The second kappa shape index (κ2) is 30.5. The topological polar surface area (TPSA) is 592 Å². The molecule has 7 fully saturated rings. The zero-order chi connectivity index (χ0) is 63.5. The van der Waals surface area contributed by atoms with Crippen molar-refractivity contribution in [3.05, 3.63) is 0 Å². The zero-order valence-corrected chi connectivity index (χ0v) is 46.5. The summed E-state index contributed by atoms with van der Waals surface area (Å²) in [7, 11) is 0. The Hall–Kier alpha value is -2.87. The Morgan fingerprint density at radius 3 is 1.26 bits per heavy atom. The Morgan fingerprint density at radius 2 is 0.709 bits per heavy atom. The van der Waals surface area contributed by atoms with Crippen molar-refractivity contribution < 1.29 is 173 Å². The largest absolute Gasteiger partial charge is 0.394 e. The van der Waals surface area contributed by atoms with Crippen molar-refractivity contribution in [1.82, 2.24) is 16.0 Å². The number of carbonyl (C=O) groups is 3. The summed E-state index contributed by atoms with van der Waals surface area (Å²) in [6.45, 7) is -1.69. The standard InChI is InChI=1S/C48H81N3O35/c1-11-24(60)31(67)34(70)45(75-11)84-39-23(51-14(4)59)42(73)76-19(9-56)38(39)83-44-22(50-13(3)58)30(66)37(18(8-55)80-44)82-47-36(72)40(85-46-35(71)32(68)26(62)16(6-53)78-46)28(64)20(81-47)10-74-48-41(33(69)27(63)17(7-54)79-48)86-43-21(49-12(2)57)29(65)25(61)15(5-52)77-43/h11,15-48,52-56,60-73H,5-10H2,1-4H3,(H,49,57)(H,50,58)(H,51,59)/t11-,15-,16-,17-,18-,19-,20-,21-,22-,23-,24+,25-,26-,27-,28-,29-,30-,31+,32+,33+,34-,35+,36+,37-,38-,39-,40+,41+,42-,43+,44+,45-,46-,47+,48+/m1/s1. The molecule has 3 amide bonds. The maximum Gasteiger partial charge on any atom is 0.217 e. The minimum atomic E-state index is -2.35. The van der Waals surface area contributed by atoms with E-state index in [-0.39, 0.29) is 0 Å². The van der Waals surface area contributed by atoms with Crippen molar-refractivity contribution in [3.63, 3.8) is 0 Å². The molecule has 0 aromatic rings. The number of carbonyl (C=O) groups excluding carboxylic acids is 3. The molecule has 7 aliphatic heterocycles. The molecule has 0 aliphatic carbocycles. The lowest BCUT2D eigenvalue weighted by Crippen LogP contribution is -2.71. The van der Waals surface area contributed by atoms with Crippen LogP contribution in [0.25, 0.3) is 0 Å². The van der Waals surface area contributed by atoms with Gasteiger partial charge in [-0.1, -0.05) is 0 Å². The van der Waals surface area contributed by atoms with Crippen molar-refractivity contribution in [2.75, 3.05) is 39.6 Å². The van der Waals surface area contributed by atoms with Gasteiger partial charge in [0.15, 0.2) is 44.0 Å². The first-order valence-corrected chi connectivity index (χ1v) is 27.5. The van der Waals surface area contributed by atoms with Crippen LogP contribution in [-0.2, 0) is 76.0 Å². The van der Waals surface area contributed by atoms with Gasteiger partial charge < -0.3 is 175 Å². The number of hydrogen-bond acceptors (Lipinski definition) is 35. The van der Waals surface area contributed by atoms with Gasteiger partial charge in [-0.3, -0.25) is 14.4 Å². The number of nitrogens with one attached hydrogen (secondary N) is 3. The molecule has 38 heteroatoms. The fourth-order valence-corrected chi connectivity index (χ4v) is 11.0. The van der Waals surface area contributed by atoms with Gasteiger partial charge in [-0.25, -0.2) is 0 Å². The lowest BCUT2D eigenvalue weighted by Gasteiger charge is -2.51. The van der Waals surface area contributed by atoms with Crippen molar-refractivity contribution in [2.24, 2.45) is 0 Å². The van der Waals surface area contributed by atoms with Crippen LogP contribution in [0.5, 0.6) is 0 Å². The Bertz CT molecular complexity index is 2170. The van der Waals surface area contributed by atoms with E-state index in [4.69, 9.17) is 61.6 Å². The second-order valence-corrected chi connectivity index (χ2v) is 21.8. The van der Waals surface area contributed by atoms with E-state index in [9.17, 15) is 111 Å². The van der Waals surface area contributed by atoms with Gasteiger partial charge in [0.1, 0.15) is 165 Å². The quantitative estimate of drug-likeness (QED) is 0.0507. The van der Waals surface area contributed by atoms with Crippen molar-refractivity contribution in [2.45, 2.75) is 242 Å². The van der Waals surface area contributed by atoms with Gasteiger partial charge in [0, 0.05) is 20.8 Å². The Kier molecular flexibility index (Phi) is 25.0. The van der Waals surface area contributed by atoms with E-state index in [1.54, 1.807) is 0 Å². The first kappa shape index (κ1) is 70.6. The number of aliphatic hydroxyl groups is 19. The highest BCUT2D eigenvalue weighted by Gasteiger charge is 2.59. The van der Waals surface area contributed by atoms with Gasteiger partial charge in [0.05, 0.1) is 45.7 Å². The number of amides is 3. The zero-order valence-electron chi connectivity index (χ0n) is 46.5. The first-order chi connectivity index (χ1) is 40.6. The lowest BCUT2D eigenvalue weighted by molar-refractivity contribution is -0.389. The molecule has 35 atom stereocenters. The number of hydrogen-bond donors (Lipinski definition) is 22. The Balaban J connectivity index is 1.19. The number of rotatable bonds is 21. The molecule has 7 aliphatic rings. The fourth-order valence-electron chi connectivity index (χ4n) is 11.0. The van der Waals surface area contributed by atoms with Gasteiger partial charge in [0.2, 0.25) is 17.7 Å². The van der Waals surface area contributed by atoms with E-state index in [0.717, 1.165) is 20.8 Å². The van der Waals surface area contributed by atoms with Gasteiger partial charge in [-0.05, 0) is 6.92 Å². The summed E-state index contributed by atoms with van der Waals surface area (Å²) in [4.78, 5) is 37.7. The molecule has 7 rings (SSSR count). The molecule has 0 radical (unpaired) electrons. The lowest BCUT2D eigenvalue weighted by atomic mass is 9.93. The molecule has 0 saturated carbocycles. The molecule has 22 N–H and O–H groups in total. The van der Waals surface area contributed by atoms with Crippen LogP contribution in [0.2, 0.25) is 0 Å². The summed E-state index contributed by atoms with van der Waals surface area (Å²) in [5.41, 5.74) is 0. The molecule has 0 bridgehead atoms. The predicted octanol–water partition coefficient (Wildman–Crippen LogP) is -14.8. The molecule has 0 spiro atoms. The van der Waals surface area contributed by atoms with Crippen LogP contribution in [0.3, 0.4) is 0 Å². The summed E-state index contributed by atoms with van der Waals surface area (Å²) >= 11 is 0. The highest BCUT2D eigenvalue weighted by Crippen LogP contribution is 2.38. The van der Waals surface area contributed by atoms with Gasteiger partial charge >= 0.3 is 0 Å². The van der Waals surface area contributed by atoms with Crippen LogP contribution in [-0.4, -0.2) is 369 Å². The highest BCUT2D eigenvalue weighted by atomic mass is 16.8. The van der Waals surface area contributed by atoms with Crippen molar-refractivity contribution in [1.29, 1.82) is 0 Å². The second-order valence-electron chi connectivity index (χ2n) is 21.8. The molecule has 498 valence electrons. The summed E-state index contributed by atoms with van der Waals surface area (Å²) in [6, 6.07) is -5.18. The first-order valence-electron chi connectivity index (χ1n) is 27.5. The highest BCUT2D eigenvalue weighted by molar-refractivity contribution is 5.74. The van der Waals surface area contributed by atoms with Gasteiger partial charge in [0.25, 0.3) is 0 Å². The summed E-state index contributed by atoms with van der Waals surface area (Å²) < 4.78 is 76.3. The average Bonchev–Trinajstić information content (AvgIpc) is 2.80. The van der Waals surface area contributed by atoms with Crippen LogP contribution < -0.4 is 16.0 Å². The average molecular weight is 1260 g/mol. The summed E-state index contributed by atoms with van der Waals surface area (Å²) in [5, 5.41) is 214. The minimum absolute atomic E-state index is 0.786. The molecule has 7 heterocycles. The predicted molar refractivity (Wildman–Crippen MR) is 265 cm³/mol. The smallest absolute Gasteiger partial charge is 0.217 e. The normalized spacial score (nSPS) is 49.4. The number of ether oxygens (including phenoxy) is 13. The molecule has 38 nitrogen and oxygen atoms in total. The van der Waals surface area contributed by atoms with E-state index in [2.05, 4.69) is 16.0 Å². The monoisotopic (exact) mass is 1260 g/mol. The molecule has 86 heavy (non-hydrogen) atoms. The van der Waals surface area contributed by atoms with E-state index in [0.29, 0.717) is 0 Å². The van der Waals surface area contributed by atoms with E-state index in [1.165, 1.54) is 6.92 Å². The molecule has 7 saturated heterocycles. The molecular weight excluding hydrogens is 1180 g/mol. The maximum atomic E-state index is 12.9. The third-order valence-electron chi connectivity index (χ3n) is 15.7. The minimum Gasteiger partial charge on any atom is -0.394 e. The van der Waals surface area contributed by atoms with E-state index < -0.39 is 272 Å². The van der Waals surface area contributed by atoms with E-state index in [1.807, 2.05) is 0 Å². The third kappa shape index (κ3) is 15.4. The maximum absolute atomic E-state index is 12.9. The SMILES string of the molecule is CC(=O)N[C@@H]1[C@@H](O[C@H]2O[C@H](C)[C@H](O)[C@H](O)[C@H]2O)[C@H](O[C@@H]2O[C@H](CO)[C@@H](O[C@@H]3O[C@H](CO[C@H]4O[C@H](CO)[C@@H](O)[C@H](O)[C@@H]4O[C@@H]4O[C@H](CO)[C@@H](O)[C@H](O)[C@H]4NC(C)=O)[C@@H](O)[C@H](O[C@H]4O[C@H](CO)[C@@H](O)[C@H](O)[C@@H]4O)[C@@H]3O)[C@H](O)[C@H]2NC(C)=O)[C@@H](CO)O[C@H]1O. The van der Waals surface area contributed by atoms with Crippen LogP contribution in [0, 0.1) is 0 Å². The van der Waals surface area contributed by atoms with Crippen molar-refractivity contribution >= 4 is 17.7 Å². The molecule has 0 unspecified atom stereocenters. The Morgan fingerprint density at radius 1 is 0.326 bits per heavy atom. The van der Waals surface area contributed by atoms with Crippen LogP contribution >= 0.6 is 0 Å². The van der Waals surface area contributed by atoms with Gasteiger partial charge in [-0.15, -0.1) is 0 Å². The van der Waals surface area contributed by atoms with Crippen LogP contribution in [0.15, 0.2) is 0 Å². The van der Waals surface area contributed by atoms with Crippen molar-refractivity contribution in [3.8, 4) is 0 Å². The van der Waals surface area contributed by atoms with Crippen LogP contribution in [0.4, 0.5) is 0 Å². The van der Waals surface area contributed by atoms with Gasteiger partial charge in [-0.2, -0.15) is 0 Å².